The number of aromatic nitrogens is 2. The van der Waals surface area contributed by atoms with Gasteiger partial charge >= 0.3 is 0 Å². The summed E-state index contributed by atoms with van der Waals surface area (Å²) in [6, 6.07) is 9.08. The molecule has 1 N–H and O–H groups in total. The highest BCUT2D eigenvalue weighted by molar-refractivity contribution is 5.93. The minimum absolute atomic E-state index is 0.0989. The van der Waals surface area contributed by atoms with Crippen LogP contribution < -0.4 is 5.32 Å². The molecule has 0 atom stereocenters. The van der Waals surface area contributed by atoms with Gasteiger partial charge in [-0.2, -0.15) is 0 Å². The molecule has 0 saturated carbocycles. The van der Waals surface area contributed by atoms with Gasteiger partial charge in [0, 0.05) is 43.9 Å². The van der Waals surface area contributed by atoms with E-state index >= 15 is 0 Å². The zero-order valence-electron chi connectivity index (χ0n) is 16.3. The van der Waals surface area contributed by atoms with Gasteiger partial charge in [0.15, 0.2) is 5.82 Å². The van der Waals surface area contributed by atoms with Crippen LogP contribution in [-0.2, 0) is 4.79 Å². The van der Waals surface area contributed by atoms with Crippen molar-refractivity contribution in [2.24, 2.45) is 0 Å². The molecule has 0 spiro atoms. The van der Waals surface area contributed by atoms with Crippen LogP contribution in [0.15, 0.2) is 45.4 Å². The lowest BCUT2D eigenvalue weighted by Crippen LogP contribution is -2.50. The maximum Gasteiger partial charge on any atom is 0.292 e. The quantitative estimate of drug-likeness (QED) is 0.683. The van der Waals surface area contributed by atoms with E-state index in [1.54, 1.807) is 30.0 Å². The number of piperazine rings is 1. The first kappa shape index (κ1) is 19.8. The second-order valence-electron chi connectivity index (χ2n) is 7.03. The van der Waals surface area contributed by atoms with Crippen LogP contribution in [0.25, 0.3) is 11.3 Å². The number of benzene rings is 1. The standard InChI is InChI=1S/C20H20FN5O4/c1-13-9-18(24-29-13)22-19(27)12-25-5-7-26(8-6-25)20(28)17-11-16(23-30-17)14-3-2-4-15(21)10-14/h2-4,9-11H,5-8,12H2,1H3,(H,22,24,27). The Morgan fingerprint density at radius 1 is 1.10 bits per heavy atom. The monoisotopic (exact) mass is 413 g/mol. The molecule has 156 valence electrons. The summed E-state index contributed by atoms with van der Waals surface area (Å²) >= 11 is 0. The molecule has 0 aliphatic carbocycles. The number of nitrogens with zero attached hydrogens (tertiary/aromatic N) is 4. The average Bonchev–Trinajstić information content (AvgIpc) is 3.37. The Kier molecular flexibility index (Phi) is 5.57. The van der Waals surface area contributed by atoms with Crippen LogP contribution in [0.1, 0.15) is 16.3 Å². The average molecular weight is 413 g/mol. The minimum atomic E-state index is -0.387. The molecule has 3 aromatic rings. The smallest absolute Gasteiger partial charge is 0.292 e. The highest BCUT2D eigenvalue weighted by Crippen LogP contribution is 2.21. The van der Waals surface area contributed by atoms with Crippen LogP contribution in [0.5, 0.6) is 0 Å². The summed E-state index contributed by atoms with van der Waals surface area (Å²) in [4.78, 5) is 28.4. The summed E-state index contributed by atoms with van der Waals surface area (Å²) in [6.45, 7) is 3.93. The fourth-order valence-corrected chi connectivity index (χ4v) is 3.24. The summed E-state index contributed by atoms with van der Waals surface area (Å²) in [5.41, 5.74) is 0.937. The number of carbonyl (C=O) groups excluding carboxylic acids is 2. The third-order valence-electron chi connectivity index (χ3n) is 4.76. The molecule has 4 rings (SSSR count). The molecule has 0 unspecified atom stereocenters. The number of hydrogen-bond donors (Lipinski definition) is 1. The van der Waals surface area contributed by atoms with E-state index < -0.39 is 0 Å². The minimum Gasteiger partial charge on any atom is -0.360 e. The van der Waals surface area contributed by atoms with Gasteiger partial charge < -0.3 is 19.3 Å². The van der Waals surface area contributed by atoms with Crippen LogP contribution in [0.2, 0.25) is 0 Å². The number of halogens is 1. The van der Waals surface area contributed by atoms with E-state index in [0.717, 1.165) is 0 Å². The number of aryl methyl sites for hydroxylation is 1. The van der Waals surface area contributed by atoms with Crippen molar-refractivity contribution >= 4 is 17.6 Å². The summed E-state index contributed by atoms with van der Waals surface area (Å²) < 4.78 is 23.5. The molecule has 1 saturated heterocycles. The normalized spacial score (nSPS) is 14.7. The van der Waals surface area contributed by atoms with Crippen LogP contribution in [0, 0.1) is 12.7 Å². The predicted octanol–water partition coefficient (Wildman–Crippen LogP) is 2.17. The molecule has 9 nitrogen and oxygen atoms in total. The first-order valence-electron chi connectivity index (χ1n) is 9.45. The summed E-state index contributed by atoms with van der Waals surface area (Å²) in [5.74, 6) is 0.227. The Balaban J connectivity index is 1.30. The zero-order valence-corrected chi connectivity index (χ0v) is 16.3. The number of nitrogens with one attached hydrogen (secondary N) is 1. The van der Waals surface area contributed by atoms with Gasteiger partial charge in [-0.15, -0.1) is 0 Å². The zero-order chi connectivity index (χ0) is 21.1. The lowest BCUT2D eigenvalue weighted by atomic mass is 10.1. The van der Waals surface area contributed by atoms with Crippen molar-refractivity contribution in [3.8, 4) is 11.3 Å². The van der Waals surface area contributed by atoms with E-state index in [4.69, 9.17) is 9.05 Å². The first-order valence-corrected chi connectivity index (χ1v) is 9.45. The van der Waals surface area contributed by atoms with Crippen LogP contribution in [-0.4, -0.2) is 64.7 Å². The molecule has 1 fully saturated rings. The third kappa shape index (κ3) is 4.54. The molecule has 2 amide bonds. The van der Waals surface area contributed by atoms with Gasteiger partial charge in [-0.05, 0) is 19.1 Å². The summed E-state index contributed by atoms with van der Waals surface area (Å²) in [5, 5.41) is 10.3. The van der Waals surface area contributed by atoms with Gasteiger partial charge in [0.2, 0.25) is 11.7 Å². The third-order valence-corrected chi connectivity index (χ3v) is 4.76. The van der Waals surface area contributed by atoms with Crippen molar-refractivity contribution in [2.45, 2.75) is 6.92 Å². The van der Waals surface area contributed by atoms with Crippen LogP contribution >= 0.6 is 0 Å². The Hall–Kier alpha value is -3.53. The molecular weight excluding hydrogens is 393 g/mol. The van der Waals surface area contributed by atoms with Crippen molar-refractivity contribution < 1.29 is 23.0 Å². The van der Waals surface area contributed by atoms with E-state index in [9.17, 15) is 14.0 Å². The molecule has 1 aliphatic heterocycles. The molecule has 1 aromatic carbocycles. The lowest BCUT2D eigenvalue weighted by molar-refractivity contribution is -0.117. The number of amides is 2. The predicted molar refractivity (Wildman–Crippen MR) is 104 cm³/mol. The maximum absolute atomic E-state index is 13.4. The van der Waals surface area contributed by atoms with Gasteiger partial charge in [-0.3, -0.25) is 14.5 Å². The van der Waals surface area contributed by atoms with Gasteiger partial charge in [-0.25, -0.2) is 4.39 Å². The largest absolute Gasteiger partial charge is 0.360 e. The second-order valence-corrected chi connectivity index (χ2v) is 7.03. The van der Waals surface area contributed by atoms with E-state index in [1.165, 1.54) is 18.2 Å². The molecule has 10 heteroatoms. The fourth-order valence-electron chi connectivity index (χ4n) is 3.24. The van der Waals surface area contributed by atoms with Crippen LogP contribution in [0.3, 0.4) is 0 Å². The number of anilines is 1. The van der Waals surface area contributed by atoms with Crippen LogP contribution in [0.4, 0.5) is 10.2 Å². The highest BCUT2D eigenvalue weighted by atomic mass is 19.1. The van der Waals surface area contributed by atoms with Gasteiger partial charge in [0.25, 0.3) is 5.91 Å². The van der Waals surface area contributed by atoms with E-state index in [2.05, 4.69) is 15.6 Å². The van der Waals surface area contributed by atoms with E-state index in [0.29, 0.717) is 49.0 Å². The molecular formula is C20H20FN5O4. The Labute approximate surface area is 171 Å². The Bertz CT molecular complexity index is 1050. The lowest BCUT2D eigenvalue weighted by Gasteiger charge is -2.33. The Morgan fingerprint density at radius 3 is 2.60 bits per heavy atom. The molecule has 1 aliphatic rings. The van der Waals surface area contributed by atoms with Crippen molar-refractivity contribution in [3.63, 3.8) is 0 Å². The van der Waals surface area contributed by atoms with Gasteiger partial charge in [0.1, 0.15) is 17.3 Å². The van der Waals surface area contributed by atoms with Gasteiger partial charge in [-0.1, -0.05) is 22.4 Å². The summed E-state index contributed by atoms with van der Waals surface area (Å²) in [6.07, 6.45) is 0. The SMILES string of the molecule is Cc1cc(NC(=O)CN2CCN(C(=O)c3cc(-c4cccc(F)c4)no3)CC2)no1. The molecule has 0 bridgehead atoms. The Morgan fingerprint density at radius 2 is 1.90 bits per heavy atom. The van der Waals surface area contributed by atoms with E-state index in [-0.39, 0.29) is 29.9 Å². The highest BCUT2D eigenvalue weighted by Gasteiger charge is 2.26. The molecule has 2 aromatic heterocycles. The second kappa shape index (κ2) is 8.46. The summed E-state index contributed by atoms with van der Waals surface area (Å²) in [7, 11) is 0. The fraction of sp³-hybridized carbons (Fsp3) is 0.300. The number of hydrogen-bond acceptors (Lipinski definition) is 7. The number of carbonyl (C=O) groups is 2. The van der Waals surface area contributed by atoms with Crippen molar-refractivity contribution in [2.75, 3.05) is 38.0 Å². The van der Waals surface area contributed by atoms with Crippen molar-refractivity contribution in [1.29, 1.82) is 0 Å². The van der Waals surface area contributed by atoms with Crippen molar-refractivity contribution in [3.05, 3.63) is 53.7 Å². The van der Waals surface area contributed by atoms with E-state index in [1.807, 2.05) is 4.90 Å². The molecule has 3 heterocycles. The first-order chi connectivity index (χ1) is 14.5. The molecule has 0 radical (unpaired) electrons. The molecule has 30 heavy (non-hydrogen) atoms. The number of rotatable bonds is 5. The maximum atomic E-state index is 13.4. The topological polar surface area (TPSA) is 105 Å². The van der Waals surface area contributed by atoms with Crippen molar-refractivity contribution in [1.82, 2.24) is 20.1 Å². The van der Waals surface area contributed by atoms with Gasteiger partial charge in [0.05, 0.1) is 6.54 Å².